The van der Waals surface area contributed by atoms with E-state index < -0.39 is 11.7 Å². The molecule has 4 nitrogen and oxygen atoms in total. The quantitative estimate of drug-likeness (QED) is 0.140. The average Bonchev–Trinajstić information content (AvgIpc) is 3.26. The van der Waals surface area contributed by atoms with Gasteiger partial charge in [-0.1, -0.05) is 57.6 Å². The molecule has 0 aliphatic heterocycles. The molecule has 0 amide bonds. The molecule has 38 heavy (non-hydrogen) atoms. The molecule has 0 fully saturated rings. The van der Waals surface area contributed by atoms with E-state index in [1.165, 1.54) is 30.5 Å². The molecule has 0 saturated heterocycles. The summed E-state index contributed by atoms with van der Waals surface area (Å²) in [5, 5.41) is 3.37. The summed E-state index contributed by atoms with van der Waals surface area (Å²) in [6.07, 6.45) is 13.1. The zero-order chi connectivity index (χ0) is 29.1. The van der Waals surface area contributed by atoms with Crippen molar-refractivity contribution in [2.45, 2.75) is 71.9 Å². The van der Waals surface area contributed by atoms with E-state index in [0.717, 1.165) is 74.3 Å². The van der Waals surface area contributed by atoms with Gasteiger partial charge in [0.15, 0.2) is 5.82 Å². The van der Waals surface area contributed by atoms with Crippen molar-refractivity contribution in [3.05, 3.63) is 77.9 Å². The van der Waals surface area contributed by atoms with Gasteiger partial charge in [0.2, 0.25) is 5.28 Å². The Balaban J connectivity index is 0.000000815. The minimum Gasteiger partial charge on any atom is -0.370 e. The third kappa shape index (κ3) is 13.4. The first-order valence-electron chi connectivity index (χ1n) is 12.7. The molecule has 0 spiro atoms. The van der Waals surface area contributed by atoms with Crippen LogP contribution in [-0.4, -0.2) is 28.0 Å². The van der Waals surface area contributed by atoms with Gasteiger partial charge in [-0.3, -0.25) is 0 Å². The van der Waals surface area contributed by atoms with Gasteiger partial charge in [0.05, 0.1) is 11.3 Å². The number of anilines is 1. The molecule has 2 aromatic rings. The first-order chi connectivity index (χ1) is 18.0. The fourth-order valence-electron chi connectivity index (χ4n) is 3.51. The number of rotatable bonds is 14. The van der Waals surface area contributed by atoms with Crippen LogP contribution < -0.4 is 5.32 Å². The summed E-state index contributed by atoms with van der Waals surface area (Å²) in [5.41, 5.74) is 3.33. The van der Waals surface area contributed by atoms with Crippen LogP contribution >= 0.6 is 11.6 Å². The number of halogens is 4. The molecule has 0 aliphatic carbocycles. The van der Waals surface area contributed by atoms with Crippen LogP contribution in [0.25, 0.3) is 5.70 Å². The number of aryl methyl sites for hydroxylation is 1. The molecule has 0 unspecified atom stereocenters. The van der Waals surface area contributed by atoms with Gasteiger partial charge in [0, 0.05) is 13.1 Å². The fraction of sp³-hybridized carbons (Fsp3) is 0.433. The van der Waals surface area contributed by atoms with Crippen LogP contribution in [0.1, 0.15) is 76.1 Å². The number of imidazole rings is 1. The number of aromatic nitrogens is 2. The summed E-state index contributed by atoms with van der Waals surface area (Å²) in [4.78, 5) is 9.67. The van der Waals surface area contributed by atoms with Crippen LogP contribution in [0.3, 0.4) is 0 Å². The van der Waals surface area contributed by atoms with Gasteiger partial charge in [-0.15, -0.1) is 19.4 Å². The van der Waals surface area contributed by atoms with Crippen molar-refractivity contribution in [2.75, 3.05) is 18.4 Å². The summed E-state index contributed by atoms with van der Waals surface area (Å²) >= 11 is 6.03. The third-order valence-electron chi connectivity index (χ3n) is 5.59. The van der Waals surface area contributed by atoms with E-state index in [2.05, 4.69) is 66.6 Å². The molecule has 2 rings (SSSR count). The van der Waals surface area contributed by atoms with E-state index in [1.54, 1.807) is 6.20 Å². The minimum atomic E-state index is -4.22. The van der Waals surface area contributed by atoms with Gasteiger partial charge in [0.1, 0.15) is 5.69 Å². The second-order valence-corrected chi connectivity index (χ2v) is 9.06. The van der Waals surface area contributed by atoms with E-state index >= 15 is 0 Å². The number of alkyl halides is 3. The molecule has 2 N–H and O–H groups in total. The number of allylic oxidation sites excluding steroid dienone is 1. The Bertz CT molecular complexity index is 991. The Morgan fingerprint density at radius 2 is 1.66 bits per heavy atom. The highest BCUT2D eigenvalue weighted by molar-refractivity contribution is 6.28. The molecular weight excluding hydrogens is 509 g/mol. The molecule has 0 radical (unpaired) electrons. The second-order valence-electron chi connectivity index (χ2n) is 8.70. The van der Waals surface area contributed by atoms with Crippen LogP contribution in [-0.2, 0) is 12.6 Å². The van der Waals surface area contributed by atoms with Crippen LogP contribution in [0.4, 0.5) is 19.0 Å². The average molecular weight is 551 g/mol. The summed E-state index contributed by atoms with van der Waals surface area (Å²) < 4.78 is 36.1. The molecule has 210 valence electrons. The van der Waals surface area contributed by atoms with Gasteiger partial charge in [-0.2, -0.15) is 18.2 Å². The Kier molecular flexibility index (Phi) is 17.5. The maximum absolute atomic E-state index is 12.0. The number of hydrogen-bond donors (Lipinski definition) is 2. The van der Waals surface area contributed by atoms with Crippen molar-refractivity contribution in [3.8, 4) is 12.8 Å². The SMILES string of the molecule is C#C.C=CNc1nc(Cl)[nH]c1C(=C)N(CCCCC)CCCCC(=C)C.CCc1ccc(C(F)(F)F)cc1. The zero-order valence-electron chi connectivity index (χ0n) is 22.9. The first kappa shape index (κ1) is 34.9. The summed E-state index contributed by atoms with van der Waals surface area (Å²) in [5.74, 6) is 0.669. The number of benzene rings is 1. The highest BCUT2D eigenvalue weighted by Gasteiger charge is 2.29. The van der Waals surface area contributed by atoms with Gasteiger partial charge >= 0.3 is 6.18 Å². The predicted molar refractivity (Wildman–Crippen MR) is 157 cm³/mol. The number of unbranched alkanes of at least 4 members (excludes halogenated alkanes) is 3. The molecule has 0 aliphatic rings. The van der Waals surface area contributed by atoms with Gasteiger partial charge in [-0.25, -0.2) is 0 Å². The lowest BCUT2D eigenvalue weighted by Crippen LogP contribution is -2.25. The number of aromatic amines is 1. The smallest absolute Gasteiger partial charge is 0.370 e. The van der Waals surface area contributed by atoms with E-state index in [0.29, 0.717) is 11.1 Å². The fourth-order valence-corrected chi connectivity index (χ4v) is 3.68. The topological polar surface area (TPSA) is 44.0 Å². The van der Waals surface area contributed by atoms with Crippen molar-refractivity contribution in [1.82, 2.24) is 14.9 Å². The summed E-state index contributed by atoms with van der Waals surface area (Å²) in [7, 11) is 0. The van der Waals surface area contributed by atoms with E-state index in [1.807, 2.05) is 6.92 Å². The van der Waals surface area contributed by atoms with E-state index in [9.17, 15) is 13.2 Å². The number of nitrogens with zero attached hydrogens (tertiary/aromatic N) is 2. The number of H-pyrrole nitrogens is 1. The van der Waals surface area contributed by atoms with Crippen molar-refractivity contribution in [2.24, 2.45) is 0 Å². The van der Waals surface area contributed by atoms with Crippen molar-refractivity contribution < 1.29 is 13.2 Å². The van der Waals surface area contributed by atoms with Crippen LogP contribution in [0.15, 0.2) is 55.8 Å². The molecule has 0 saturated carbocycles. The standard InChI is InChI=1S/C19H31ClN4.C9H9F3.C2H2/c1-6-8-10-13-24(14-11-9-12-15(3)4)16(5)17-18(21-7-2)23-19(20)22-17;1-2-7-3-5-8(6-4-7)9(10,11)12;1-2/h7,21H,2-3,5-6,8-14H2,1,4H3,(H,22,23);3-6H,2H2,1H3;1-2H. The van der Waals surface area contributed by atoms with Crippen molar-refractivity contribution >= 4 is 23.1 Å². The summed E-state index contributed by atoms with van der Waals surface area (Å²) in [6.45, 7) is 20.1. The lowest BCUT2D eigenvalue weighted by atomic mass is 10.1. The molecule has 0 bridgehead atoms. The van der Waals surface area contributed by atoms with Crippen LogP contribution in [0.2, 0.25) is 5.28 Å². The minimum absolute atomic E-state index is 0.353. The Morgan fingerprint density at radius 1 is 1.08 bits per heavy atom. The summed E-state index contributed by atoms with van der Waals surface area (Å²) in [6, 6.07) is 5.23. The number of hydrogen-bond acceptors (Lipinski definition) is 3. The Labute approximate surface area is 232 Å². The molecule has 1 aromatic carbocycles. The first-order valence-corrected chi connectivity index (χ1v) is 13.1. The van der Waals surface area contributed by atoms with Gasteiger partial charge in [0.25, 0.3) is 0 Å². The van der Waals surface area contributed by atoms with Crippen molar-refractivity contribution in [1.29, 1.82) is 0 Å². The molecule has 8 heteroatoms. The number of nitrogens with one attached hydrogen (secondary N) is 2. The van der Waals surface area contributed by atoms with E-state index in [-0.39, 0.29) is 0 Å². The van der Waals surface area contributed by atoms with Gasteiger partial charge in [-0.05, 0) is 74.5 Å². The number of terminal acetylenes is 1. The largest absolute Gasteiger partial charge is 0.416 e. The second kappa shape index (κ2) is 19.0. The highest BCUT2D eigenvalue weighted by atomic mass is 35.5. The monoisotopic (exact) mass is 550 g/mol. The zero-order valence-corrected chi connectivity index (χ0v) is 23.7. The van der Waals surface area contributed by atoms with Crippen LogP contribution in [0, 0.1) is 12.8 Å². The highest BCUT2D eigenvalue weighted by Crippen LogP contribution is 2.29. The molecular formula is C30H42ClF3N4. The molecule has 1 heterocycles. The predicted octanol–water partition coefficient (Wildman–Crippen LogP) is 9.34. The molecule has 1 aromatic heterocycles. The van der Waals surface area contributed by atoms with E-state index in [4.69, 9.17) is 11.6 Å². The molecule has 0 atom stereocenters. The third-order valence-corrected chi connectivity index (χ3v) is 5.77. The van der Waals surface area contributed by atoms with Gasteiger partial charge < -0.3 is 15.2 Å². The lowest BCUT2D eigenvalue weighted by Gasteiger charge is -2.26. The normalized spacial score (nSPS) is 10.3. The Hall–Kier alpha value is -3.11. The van der Waals surface area contributed by atoms with Crippen LogP contribution in [0.5, 0.6) is 0 Å². The van der Waals surface area contributed by atoms with Crippen molar-refractivity contribution in [3.63, 3.8) is 0 Å². The maximum atomic E-state index is 12.0. The lowest BCUT2D eigenvalue weighted by molar-refractivity contribution is -0.137. The Morgan fingerprint density at radius 3 is 2.13 bits per heavy atom. The maximum Gasteiger partial charge on any atom is 0.416 e.